The van der Waals surface area contributed by atoms with Crippen molar-refractivity contribution in [3.8, 4) is 5.75 Å². The van der Waals surface area contributed by atoms with E-state index in [0.29, 0.717) is 0 Å². The quantitative estimate of drug-likeness (QED) is 0.103. The minimum Gasteiger partial charge on any atom is -0.497 e. The largest absolute Gasteiger partial charge is 0.497 e. The average Bonchev–Trinajstić information content (AvgIpc) is 3.30. The third-order valence-corrected chi connectivity index (χ3v) is 10.6. The second-order valence-electron chi connectivity index (χ2n) is 14.7. The molecule has 59 heavy (non-hydrogen) atoms. The zero-order valence-corrected chi connectivity index (χ0v) is 33.7. The smallest absolute Gasteiger partial charge is 0.118 e. The van der Waals surface area contributed by atoms with Crippen LogP contribution in [0, 0.1) is 6.92 Å². The summed E-state index contributed by atoms with van der Waals surface area (Å²) in [5.41, 5.74) is 15.3. The summed E-state index contributed by atoms with van der Waals surface area (Å²) in [7, 11) is 1.69. The van der Waals surface area contributed by atoms with E-state index >= 15 is 0 Å². The molecule has 8 rings (SSSR count). The molecule has 0 aliphatic carbocycles. The second-order valence-corrected chi connectivity index (χ2v) is 14.7. The van der Waals surface area contributed by atoms with Gasteiger partial charge in [0.25, 0.3) is 0 Å². The van der Waals surface area contributed by atoms with Crippen LogP contribution in [-0.2, 0) is 12.8 Å². The highest BCUT2D eigenvalue weighted by Crippen LogP contribution is 2.36. The van der Waals surface area contributed by atoms with E-state index in [1.807, 2.05) is 12.1 Å². The van der Waals surface area contributed by atoms with Crippen molar-refractivity contribution in [2.45, 2.75) is 19.8 Å². The van der Waals surface area contributed by atoms with Gasteiger partial charge in [0.15, 0.2) is 0 Å². The molecule has 0 spiro atoms. The molecule has 0 unspecified atom stereocenters. The molecular weight excluding hydrogens is 717 g/mol. The topological polar surface area (TPSA) is 15.7 Å². The van der Waals surface area contributed by atoms with Gasteiger partial charge >= 0.3 is 0 Å². The van der Waals surface area contributed by atoms with Gasteiger partial charge < -0.3 is 14.5 Å². The Hall–Kier alpha value is -7.36. The number of hydrogen-bond acceptors (Lipinski definition) is 3. The van der Waals surface area contributed by atoms with Crippen LogP contribution < -0.4 is 14.5 Å². The van der Waals surface area contributed by atoms with E-state index in [9.17, 15) is 0 Å². The summed E-state index contributed by atoms with van der Waals surface area (Å²) in [5, 5.41) is 0. The molecule has 0 amide bonds. The SMILES string of the molecule is COc1ccc(/C=C/c2ccc(N(c3ccccc3)c3ccc(CCc4ccc(N(c5ccccc5)c5ccc(/C=C/c6ccc(C)cc6)cc5)cc4)cc3)cc2)cc1. The van der Waals surface area contributed by atoms with Crippen LogP contribution in [0.25, 0.3) is 24.3 Å². The highest BCUT2D eigenvalue weighted by molar-refractivity contribution is 5.80. The molecule has 0 saturated carbocycles. The van der Waals surface area contributed by atoms with E-state index in [-0.39, 0.29) is 0 Å². The molecule has 8 aromatic carbocycles. The van der Waals surface area contributed by atoms with E-state index in [1.165, 1.54) is 27.8 Å². The second kappa shape index (κ2) is 18.7. The maximum absolute atomic E-state index is 5.30. The summed E-state index contributed by atoms with van der Waals surface area (Å²) < 4.78 is 5.30. The molecule has 8 aromatic rings. The van der Waals surface area contributed by atoms with Gasteiger partial charge in [-0.25, -0.2) is 0 Å². The predicted octanol–water partition coefficient (Wildman–Crippen LogP) is 15.1. The summed E-state index contributed by atoms with van der Waals surface area (Å²) in [4.78, 5) is 4.63. The first-order valence-corrected chi connectivity index (χ1v) is 20.2. The molecule has 0 aliphatic rings. The van der Waals surface area contributed by atoms with E-state index < -0.39 is 0 Å². The van der Waals surface area contributed by atoms with Crippen molar-refractivity contribution in [3.63, 3.8) is 0 Å². The fourth-order valence-electron chi connectivity index (χ4n) is 7.21. The number of rotatable bonds is 14. The Balaban J connectivity index is 0.942. The molecule has 0 aliphatic heterocycles. The fourth-order valence-corrected chi connectivity index (χ4v) is 7.21. The van der Waals surface area contributed by atoms with Crippen molar-refractivity contribution >= 4 is 58.4 Å². The maximum Gasteiger partial charge on any atom is 0.118 e. The molecular formula is C56H48N2O. The lowest BCUT2D eigenvalue weighted by Gasteiger charge is -2.26. The summed E-state index contributed by atoms with van der Waals surface area (Å²) >= 11 is 0. The van der Waals surface area contributed by atoms with Gasteiger partial charge in [-0.2, -0.15) is 0 Å². The van der Waals surface area contributed by atoms with Crippen molar-refractivity contribution in [3.05, 3.63) is 245 Å². The first-order valence-electron chi connectivity index (χ1n) is 20.2. The molecule has 0 bridgehead atoms. The first kappa shape index (κ1) is 38.5. The van der Waals surface area contributed by atoms with Gasteiger partial charge in [-0.05, 0) is 138 Å². The molecule has 288 valence electrons. The molecule has 0 N–H and O–H groups in total. The van der Waals surface area contributed by atoms with E-state index in [1.54, 1.807) is 7.11 Å². The summed E-state index contributed by atoms with van der Waals surface area (Å²) in [5.74, 6) is 0.860. The third kappa shape index (κ3) is 9.97. The van der Waals surface area contributed by atoms with Gasteiger partial charge in [-0.3, -0.25) is 0 Å². The Kier molecular flexibility index (Phi) is 12.2. The molecule has 0 aromatic heterocycles. The zero-order chi connectivity index (χ0) is 40.2. The van der Waals surface area contributed by atoms with Gasteiger partial charge in [-0.15, -0.1) is 0 Å². The van der Waals surface area contributed by atoms with Gasteiger partial charge in [-0.1, -0.05) is 151 Å². The Labute approximate surface area is 349 Å². The van der Waals surface area contributed by atoms with Crippen molar-refractivity contribution < 1.29 is 4.74 Å². The summed E-state index contributed by atoms with van der Waals surface area (Å²) in [6, 6.07) is 73.4. The van der Waals surface area contributed by atoms with Crippen LogP contribution in [0.3, 0.4) is 0 Å². The minimum atomic E-state index is 0.860. The maximum atomic E-state index is 5.30. The number of ether oxygens (including phenoxy) is 1. The van der Waals surface area contributed by atoms with Gasteiger partial charge in [0.1, 0.15) is 5.75 Å². The Bertz CT molecular complexity index is 2580. The minimum absolute atomic E-state index is 0.860. The zero-order valence-electron chi connectivity index (χ0n) is 33.7. The van der Waals surface area contributed by atoms with Crippen molar-refractivity contribution in [2.24, 2.45) is 0 Å². The van der Waals surface area contributed by atoms with E-state index in [2.05, 4.69) is 235 Å². The molecule has 3 heteroatoms. The van der Waals surface area contributed by atoms with Crippen LogP contribution in [0.15, 0.2) is 206 Å². The lowest BCUT2D eigenvalue weighted by atomic mass is 10.0. The fraction of sp³-hybridized carbons (Fsp3) is 0.0714. The van der Waals surface area contributed by atoms with Gasteiger partial charge in [0.2, 0.25) is 0 Å². The van der Waals surface area contributed by atoms with Crippen molar-refractivity contribution in [1.82, 2.24) is 0 Å². The molecule has 0 heterocycles. The number of hydrogen-bond donors (Lipinski definition) is 0. The van der Waals surface area contributed by atoms with Crippen LogP contribution >= 0.6 is 0 Å². The van der Waals surface area contributed by atoms with Crippen LogP contribution in [0.2, 0.25) is 0 Å². The highest BCUT2D eigenvalue weighted by atomic mass is 16.5. The number of nitrogens with zero attached hydrogens (tertiary/aromatic N) is 2. The highest BCUT2D eigenvalue weighted by Gasteiger charge is 2.14. The standard InChI is InChI=1S/C56H48N2O/c1-43-13-15-44(16-14-43)17-18-45-23-33-52(34-24-45)57(50-9-5-3-6-10-50)53-35-25-46(26-36-53)19-20-47-27-37-54(38-28-47)58(51-11-7-4-8-12-51)55-39-29-48(30-40-55)21-22-49-31-41-56(59-2)42-32-49/h3-18,21-42H,19-20H2,1-2H3/b18-17+,22-21+. The first-order chi connectivity index (χ1) is 29.1. The van der Waals surface area contributed by atoms with Crippen molar-refractivity contribution in [2.75, 3.05) is 16.9 Å². The van der Waals surface area contributed by atoms with E-state index in [4.69, 9.17) is 4.74 Å². The van der Waals surface area contributed by atoms with Crippen molar-refractivity contribution in [1.29, 1.82) is 0 Å². The molecule has 0 radical (unpaired) electrons. The lowest BCUT2D eigenvalue weighted by molar-refractivity contribution is 0.415. The normalized spacial score (nSPS) is 11.2. The van der Waals surface area contributed by atoms with E-state index in [0.717, 1.165) is 63.8 Å². The lowest BCUT2D eigenvalue weighted by Crippen LogP contribution is -2.10. The number of methoxy groups -OCH3 is 1. The van der Waals surface area contributed by atoms with Crippen LogP contribution in [0.5, 0.6) is 5.75 Å². The Morgan fingerprint density at radius 3 is 0.966 bits per heavy atom. The third-order valence-electron chi connectivity index (χ3n) is 10.6. The molecule has 0 fully saturated rings. The molecule has 0 saturated heterocycles. The Morgan fingerprint density at radius 1 is 0.339 bits per heavy atom. The summed E-state index contributed by atoms with van der Waals surface area (Å²) in [6.45, 7) is 2.12. The number of benzene rings is 8. The van der Waals surface area contributed by atoms with Gasteiger partial charge in [0, 0.05) is 34.1 Å². The Morgan fingerprint density at radius 2 is 0.627 bits per heavy atom. The van der Waals surface area contributed by atoms with Gasteiger partial charge in [0.05, 0.1) is 7.11 Å². The number of aryl methyl sites for hydroxylation is 3. The monoisotopic (exact) mass is 764 g/mol. The number of anilines is 6. The molecule has 3 nitrogen and oxygen atoms in total. The van der Waals surface area contributed by atoms with Crippen LogP contribution in [-0.4, -0.2) is 7.11 Å². The summed E-state index contributed by atoms with van der Waals surface area (Å²) in [6.07, 6.45) is 10.5. The van der Waals surface area contributed by atoms with Crippen LogP contribution in [0.4, 0.5) is 34.1 Å². The number of para-hydroxylation sites is 2. The van der Waals surface area contributed by atoms with Crippen LogP contribution in [0.1, 0.15) is 38.9 Å². The average molecular weight is 765 g/mol. The molecule has 0 atom stereocenters. The predicted molar refractivity (Wildman–Crippen MR) is 252 cm³/mol.